The van der Waals surface area contributed by atoms with Crippen molar-refractivity contribution in [1.82, 2.24) is 14.8 Å². The number of Topliss-reactive ketones (excluding diaryl/α,β-unsaturated/α-hetero) is 1. The molecule has 1 heterocycles. The summed E-state index contributed by atoms with van der Waals surface area (Å²) in [6, 6.07) is 14.1. The van der Waals surface area contributed by atoms with Crippen molar-refractivity contribution in [2.24, 2.45) is 7.05 Å². The van der Waals surface area contributed by atoms with Crippen LogP contribution in [0.2, 0.25) is 0 Å². The number of ketones is 1. The number of aryl methyl sites for hydroxylation is 1. The van der Waals surface area contributed by atoms with E-state index in [1.54, 1.807) is 29.8 Å². The molecule has 2 aromatic carbocycles. The van der Waals surface area contributed by atoms with Crippen molar-refractivity contribution < 1.29 is 9.18 Å². The van der Waals surface area contributed by atoms with Gasteiger partial charge >= 0.3 is 0 Å². The second-order valence-electron chi connectivity index (χ2n) is 5.61. The van der Waals surface area contributed by atoms with E-state index in [0.717, 1.165) is 6.42 Å². The minimum Gasteiger partial charge on any atom is -0.305 e. The van der Waals surface area contributed by atoms with Gasteiger partial charge in [0.25, 0.3) is 0 Å². The average molecular weight is 355 g/mol. The third-order valence-electron chi connectivity index (χ3n) is 3.97. The SMILES string of the molecule is CCc1ccc(C(=O)CSc2nnc(-c3ccccc3F)n2C)cc1. The van der Waals surface area contributed by atoms with Gasteiger partial charge in [0, 0.05) is 12.6 Å². The molecule has 1 aromatic heterocycles. The lowest BCUT2D eigenvalue weighted by atomic mass is 10.1. The highest BCUT2D eigenvalue weighted by molar-refractivity contribution is 7.99. The summed E-state index contributed by atoms with van der Waals surface area (Å²) >= 11 is 1.30. The molecule has 0 aliphatic rings. The molecule has 4 nitrogen and oxygen atoms in total. The molecule has 3 rings (SSSR count). The van der Waals surface area contributed by atoms with Crippen LogP contribution in [0.25, 0.3) is 11.4 Å². The number of carbonyl (C=O) groups excluding carboxylic acids is 1. The topological polar surface area (TPSA) is 47.8 Å². The zero-order valence-corrected chi connectivity index (χ0v) is 14.9. The normalized spacial score (nSPS) is 10.8. The number of halogens is 1. The number of thioether (sulfide) groups is 1. The zero-order chi connectivity index (χ0) is 17.8. The minimum absolute atomic E-state index is 0.0306. The number of aromatic nitrogens is 3. The van der Waals surface area contributed by atoms with Crippen LogP contribution in [0.5, 0.6) is 0 Å². The summed E-state index contributed by atoms with van der Waals surface area (Å²) in [5.41, 5.74) is 2.28. The van der Waals surface area contributed by atoms with Gasteiger partial charge in [0.2, 0.25) is 0 Å². The fourth-order valence-corrected chi connectivity index (χ4v) is 3.26. The van der Waals surface area contributed by atoms with E-state index in [0.29, 0.717) is 22.1 Å². The average Bonchev–Trinajstić information content (AvgIpc) is 3.00. The fourth-order valence-electron chi connectivity index (χ4n) is 2.46. The van der Waals surface area contributed by atoms with E-state index in [2.05, 4.69) is 17.1 Å². The maximum absolute atomic E-state index is 13.9. The summed E-state index contributed by atoms with van der Waals surface area (Å²) in [4.78, 5) is 12.3. The lowest BCUT2D eigenvalue weighted by molar-refractivity contribution is 0.102. The van der Waals surface area contributed by atoms with Gasteiger partial charge in [0.1, 0.15) is 5.82 Å². The number of nitrogens with zero attached hydrogens (tertiary/aromatic N) is 3. The van der Waals surface area contributed by atoms with Gasteiger partial charge in [-0.05, 0) is 24.1 Å². The van der Waals surface area contributed by atoms with Crippen LogP contribution < -0.4 is 0 Å². The third-order valence-corrected chi connectivity index (χ3v) is 4.99. The predicted molar refractivity (Wildman–Crippen MR) is 97.3 cm³/mol. The third kappa shape index (κ3) is 3.79. The van der Waals surface area contributed by atoms with Crippen LogP contribution in [0.4, 0.5) is 4.39 Å². The zero-order valence-electron chi connectivity index (χ0n) is 14.1. The minimum atomic E-state index is -0.346. The van der Waals surface area contributed by atoms with E-state index in [4.69, 9.17) is 0 Å². The Bertz CT molecular complexity index is 890. The molecule has 0 spiro atoms. The van der Waals surface area contributed by atoms with Gasteiger partial charge in [-0.15, -0.1) is 10.2 Å². The summed E-state index contributed by atoms with van der Waals surface area (Å²) < 4.78 is 15.6. The highest BCUT2D eigenvalue weighted by Gasteiger charge is 2.16. The highest BCUT2D eigenvalue weighted by atomic mass is 32.2. The molecular formula is C19H18FN3OS. The van der Waals surface area contributed by atoms with E-state index < -0.39 is 0 Å². The van der Waals surface area contributed by atoms with Gasteiger partial charge in [-0.25, -0.2) is 4.39 Å². The molecule has 0 bridgehead atoms. The van der Waals surface area contributed by atoms with Crippen molar-refractivity contribution >= 4 is 17.5 Å². The van der Waals surface area contributed by atoms with Crippen LogP contribution in [0, 0.1) is 5.82 Å². The van der Waals surface area contributed by atoms with E-state index in [9.17, 15) is 9.18 Å². The summed E-state index contributed by atoms with van der Waals surface area (Å²) in [5.74, 6) is 0.388. The molecule has 128 valence electrons. The predicted octanol–water partition coefficient (Wildman–Crippen LogP) is 4.16. The summed E-state index contributed by atoms with van der Waals surface area (Å²) in [5, 5.41) is 8.72. The Kier molecular flexibility index (Phi) is 5.28. The molecule has 0 N–H and O–H groups in total. The second kappa shape index (κ2) is 7.61. The molecule has 0 fully saturated rings. The summed E-state index contributed by atoms with van der Waals surface area (Å²) in [6.07, 6.45) is 0.945. The Balaban J connectivity index is 1.71. The van der Waals surface area contributed by atoms with E-state index in [-0.39, 0.29) is 17.4 Å². The summed E-state index contributed by atoms with van der Waals surface area (Å²) in [6.45, 7) is 2.08. The number of rotatable bonds is 6. The molecule has 0 aliphatic heterocycles. The fraction of sp³-hybridized carbons (Fsp3) is 0.211. The molecule has 0 atom stereocenters. The van der Waals surface area contributed by atoms with Crippen LogP contribution in [0.1, 0.15) is 22.8 Å². The van der Waals surface area contributed by atoms with Crippen LogP contribution in [-0.4, -0.2) is 26.3 Å². The maximum atomic E-state index is 13.9. The number of hydrogen-bond acceptors (Lipinski definition) is 4. The van der Waals surface area contributed by atoms with E-state index in [1.807, 2.05) is 24.3 Å². The van der Waals surface area contributed by atoms with E-state index in [1.165, 1.54) is 23.4 Å². The smallest absolute Gasteiger partial charge is 0.191 e. The standard InChI is InChI=1S/C19H18FN3OS/c1-3-13-8-10-14(11-9-13)17(24)12-25-19-22-21-18(23(19)2)15-6-4-5-7-16(15)20/h4-11H,3,12H2,1-2H3. The molecule has 0 aliphatic carbocycles. The lowest BCUT2D eigenvalue weighted by Crippen LogP contribution is -2.04. The highest BCUT2D eigenvalue weighted by Crippen LogP contribution is 2.25. The van der Waals surface area contributed by atoms with Crippen molar-refractivity contribution in [2.45, 2.75) is 18.5 Å². The van der Waals surface area contributed by atoms with Crippen molar-refractivity contribution in [2.75, 3.05) is 5.75 Å². The van der Waals surface area contributed by atoms with Gasteiger partial charge < -0.3 is 4.57 Å². The first-order valence-electron chi connectivity index (χ1n) is 7.99. The Hall–Kier alpha value is -2.47. The van der Waals surface area contributed by atoms with Gasteiger partial charge in [-0.2, -0.15) is 0 Å². The first kappa shape index (κ1) is 17.4. The number of hydrogen-bond donors (Lipinski definition) is 0. The van der Waals surface area contributed by atoms with Crippen LogP contribution in [0.15, 0.2) is 53.7 Å². The quantitative estimate of drug-likeness (QED) is 0.492. The van der Waals surface area contributed by atoms with Gasteiger partial charge in [0.15, 0.2) is 16.8 Å². The van der Waals surface area contributed by atoms with Crippen molar-refractivity contribution in [3.8, 4) is 11.4 Å². The number of carbonyl (C=O) groups is 1. The molecule has 6 heteroatoms. The Morgan fingerprint density at radius 3 is 2.52 bits per heavy atom. The van der Waals surface area contributed by atoms with E-state index >= 15 is 0 Å². The molecule has 0 radical (unpaired) electrons. The maximum Gasteiger partial charge on any atom is 0.191 e. The first-order chi connectivity index (χ1) is 12.1. The molecule has 3 aromatic rings. The van der Waals surface area contributed by atoms with Crippen molar-refractivity contribution in [3.63, 3.8) is 0 Å². The Morgan fingerprint density at radius 2 is 1.84 bits per heavy atom. The van der Waals surface area contributed by atoms with Crippen molar-refractivity contribution in [1.29, 1.82) is 0 Å². The molecule has 0 saturated heterocycles. The lowest BCUT2D eigenvalue weighted by Gasteiger charge is -2.05. The second-order valence-corrected chi connectivity index (χ2v) is 6.55. The van der Waals surface area contributed by atoms with Crippen molar-refractivity contribution in [3.05, 3.63) is 65.5 Å². The molecule has 0 amide bonds. The van der Waals surface area contributed by atoms with Gasteiger partial charge in [-0.1, -0.05) is 55.1 Å². The first-order valence-corrected chi connectivity index (χ1v) is 8.98. The number of benzene rings is 2. The molecular weight excluding hydrogens is 337 g/mol. The monoisotopic (exact) mass is 355 g/mol. The molecule has 25 heavy (non-hydrogen) atoms. The Morgan fingerprint density at radius 1 is 1.12 bits per heavy atom. The molecule has 0 saturated carbocycles. The molecule has 0 unspecified atom stereocenters. The van der Waals surface area contributed by atoms with Gasteiger partial charge in [0.05, 0.1) is 11.3 Å². The van der Waals surface area contributed by atoms with Gasteiger partial charge in [-0.3, -0.25) is 4.79 Å². The van der Waals surface area contributed by atoms with Crippen LogP contribution in [0.3, 0.4) is 0 Å². The summed E-state index contributed by atoms with van der Waals surface area (Å²) in [7, 11) is 1.77. The Labute approximate surface area is 150 Å². The largest absolute Gasteiger partial charge is 0.305 e. The van der Waals surface area contributed by atoms with Crippen LogP contribution in [-0.2, 0) is 13.5 Å². The van der Waals surface area contributed by atoms with Crippen LogP contribution >= 0.6 is 11.8 Å².